The number of sulfonamides is 1. The Kier molecular flexibility index (Phi) is 7.88. The van der Waals surface area contributed by atoms with Gasteiger partial charge in [-0.2, -0.15) is 0 Å². The fraction of sp³-hybridized carbons (Fsp3) is 0.333. The molecule has 2 heterocycles. The van der Waals surface area contributed by atoms with Gasteiger partial charge in [-0.05, 0) is 73.9 Å². The standard InChI is InChI=1S/C24H25BrF2N4O4S2/c1-24(2,3)35-23(32)31(19-13-36-14-28-19)37(33,34)22-16(25)11-18(20(26)21(22)27)29-17-8-5-4-7-15(17)12-30-9-6-10-30/h4-5,7-8,11,13-14,29H,6,9-10,12H2,1-3H3. The number of carbonyl (C=O) groups excluding carboxylic acids is 1. The average Bonchev–Trinajstić information content (AvgIpc) is 3.27. The number of benzene rings is 2. The Hall–Kier alpha value is -2.61. The number of ether oxygens (including phenoxy) is 1. The van der Waals surface area contributed by atoms with E-state index in [2.05, 4.69) is 31.1 Å². The van der Waals surface area contributed by atoms with E-state index in [1.165, 1.54) is 10.9 Å². The molecule has 198 valence electrons. The first-order valence-electron chi connectivity index (χ1n) is 11.3. The number of hydrogen-bond donors (Lipinski definition) is 1. The van der Waals surface area contributed by atoms with Crippen LogP contribution in [-0.2, 0) is 21.3 Å². The molecule has 3 aromatic rings. The Labute approximate surface area is 226 Å². The Balaban J connectivity index is 1.73. The number of para-hydroxylation sites is 1. The van der Waals surface area contributed by atoms with Crippen molar-refractivity contribution >= 4 is 60.6 Å². The van der Waals surface area contributed by atoms with Crippen molar-refractivity contribution in [1.82, 2.24) is 9.88 Å². The summed E-state index contributed by atoms with van der Waals surface area (Å²) in [6, 6.07) is 8.36. The molecule has 1 aromatic heterocycles. The van der Waals surface area contributed by atoms with Crippen molar-refractivity contribution in [3.8, 4) is 0 Å². The van der Waals surface area contributed by atoms with Crippen LogP contribution in [0.1, 0.15) is 32.8 Å². The van der Waals surface area contributed by atoms with Gasteiger partial charge in [0.1, 0.15) is 10.5 Å². The summed E-state index contributed by atoms with van der Waals surface area (Å²) in [5.41, 5.74) is 1.43. The molecule has 1 aliphatic heterocycles. The second-order valence-electron chi connectivity index (χ2n) is 9.37. The lowest BCUT2D eigenvalue weighted by atomic mass is 10.1. The Bertz CT molecular complexity index is 1410. The number of rotatable bonds is 7. The molecular weight excluding hydrogens is 590 g/mol. The zero-order valence-electron chi connectivity index (χ0n) is 20.3. The number of amides is 1. The SMILES string of the molecule is CC(C)(C)OC(=O)N(c1cscn1)S(=O)(=O)c1c(Br)cc(Nc2ccccc2CN2CCC2)c(F)c1F. The van der Waals surface area contributed by atoms with Crippen LogP contribution in [0.3, 0.4) is 0 Å². The van der Waals surface area contributed by atoms with Crippen LogP contribution in [0, 0.1) is 11.6 Å². The molecule has 1 saturated heterocycles. The predicted molar refractivity (Wildman–Crippen MR) is 142 cm³/mol. The highest BCUT2D eigenvalue weighted by molar-refractivity contribution is 9.10. The van der Waals surface area contributed by atoms with E-state index in [9.17, 15) is 13.2 Å². The summed E-state index contributed by atoms with van der Waals surface area (Å²) in [4.78, 5) is 17.9. The van der Waals surface area contributed by atoms with Gasteiger partial charge in [0, 0.05) is 22.1 Å². The highest BCUT2D eigenvalue weighted by Crippen LogP contribution is 2.37. The van der Waals surface area contributed by atoms with Gasteiger partial charge in [-0.3, -0.25) is 4.90 Å². The van der Waals surface area contributed by atoms with Crippen LogP contribution in [0.25, 0.3) is 0 Å². The van der Waals surface area contributed by atoms with Crippen LogP contribution in [0.5, 0.6) is 0 Å². The summed E-state index contributed by atoms with van der Waals surface area (Å²) < 4.78 is 63.1. The summed E-state index contributed by atoms with van der Waals surface area (Å²) in [5.74, 6) is -3.36. The van der Waals surface area contributed by atoms with Crippen molar-refractivity contribution in [3.63, 3.8) is 0 Å². The number of nitrogens with zero attached hydrogens (tertiary/aromatic N) is 3. The van der Waals surface area contributed by atoms with E-state index in [0.29, 0.717) is 12.2 Å². The van der Waals surface area contributed by atoms with E-state index in [-0.39, 0.29) is 20.3 Å². The lowest BCUT2D eigenvalue weighted by molar-refractivity contribution is 0.0608. The second kappa shape index (κ2) is 10.6. The molecule has 37 heavy (non-hydrogen) atoms. The largest absolute Gasteiger partial charge is 0.443 e. The molecule has 1 N–H and O–H groups in total. The van der Waals surface area contributed by atoms with E-state index < -0.39 is 38.2 Å². The number of hydrogen-bond acceptors (Lipinski definition) is 8. The van der Waals surface area contributed by atoms with Gasteiger partial charge in [-0.1, -0.05) is 18.2 Å². The third-order valence-corrected chi connectivity index (χ3v) is 8.62. The van der Waals surface area contributed by atoms with Gasteiger partial charge in [0.25, 0.3) is 10.0 Å². The van der Waals surface area contributed by atoms with Crippen LogP contribution in [0.2, 0.25) is 0 Å². The molecule has 0 atom stereocenters. The lowest BCUT2D eigenvalue weighted by Crippen LogP contribution is -2.41. The van der Waals surface area contributed by atoms with Crippen LogP contribution in [0.4, 0.5) is 30.8 Å². The van der Waals surface area contributed by atoms with Crippen molar-refractivity contribution in [1.29, 1.82) is 0 Å². The molecule has 0 unspecified atom stereocenters. The van der Waals surface area contributed by atoms with Crippen molar-refractivity contribution in [2.75, 3.05) is 22.7 Å². The summed E-state index contributed by atoms with van der Waals surface area (Å²) in [5, 5.41) is 4.17. The summed E-state index contributed by atoms with van der Waals surface area (Å²) in [7, 11) is -4.98. The number of halogens is 3. The number of likely N-dealkylation sites (tertiary alicyclic amines) is 1. The van der Waals surface area contributed by atoms with Crippen LogP contribution in [0.15, 0.2) is 50.6 Å². The minimum atomic E-state index is -4.98. The molecule has 0 spiro atoms. The van der Waals surface area contributed by atoms with Crippen molar-refractivity contribution < 1.29 is 26.7 Å². The normalized spacial score (nSPS) is 14.2. The zero-order chi connectivity index (χ0) is 27.0. The topological polar surface area (TPSA) is 91.8 Å². The molecule has 8 nitrogen and oxygen atoms in total. The first-order valence-corrected chi connectivity index (χ1v) is 14.5. The maximum absolute atomic E-state index is 15.5. The Morgan fingerprint density at radius 1 is 1.22 bits per heavy atom. The molecule has 0 aliphatic carbocycles. The van der Waals surface area contributed by atoms with E-state index in [4.69, 9.17) is 4.74 Å². The van der Waals surface area contributed by atoms with E-state index >= 15 is 8.78 Å². The van der Waals surface area contributed by atoms with Gasteiger partial charge in [0.05, 0.1) is 11.2 Å². The van der Waals surface area contributed by atoms with Gasteiger partial charge >= 0.3 is 6.09 Å². The fourth-order valence-corrected chi connectivity index (χ4v) is 6.61. The Morgan fingerprint density at radius 2 is 1.92 bits per heavy atom. The molecule has 1 aliphatic rings. The third kappa shape index (κ3) is 5.95. The number of carbonyl (C=O) groups is 1. The molecule has 4 rings (SSSR count). The van der Waals surface area contributed by atoms with Gasteiger partial charge in [0.2, 0.25) is 0 Å². The van der Waals surface area contributed by atoms with Crippen molar-refractivity contribution in [3.05, 3.63) is 62.9 Å². The quantitative estimate of drug-likeness (QED) is 0.314. The lowest BCUT2D eigenvalue weighted by Gasteiger charge is -2.31. The second-order valence-corrected chi connectivity index (χ2v) is 12.7. The van der Waals surface area contributed by atoms with E-state index in [0.717, 1.165) is 42.5 Å². The van der Waals surface area contributed by atoms with Crippen LogP contribution >= 0.6 is 27.3 Å². The first kappa shape index (κ1) is 27.4. The Morgan fingerprint density at radius 3 is 2.51 bits per heavy atom. The number of nitrogens with one attached hydrogen (secondary N) is 1. The fourth-order valence-electron chi connectivity index (χ4n) is 3.63. The monoisotopic (exact) mass is 614 g/mol. The van der Waals surface area contributed by atoms with Crippen molar-refractivity contribution in [2.45, 2.75) is 44.2 Å². The first-order chi connectivity index (χ1) is 17.4. The predicted octanol–water partition coefficient (Wildman–Crippen LogP) is 6.26. The molecule has 0 radical (unpaired) electrons. The van der Waals surface area contributed by atoms with E-state index in [1.54, 1.807) is 32.9 Å². The van der Waals surface area contributed by atoms with Gasteiger partial charge in [-0.15, -0.1) is 15.6 Å². The van der Waals surface area contributed by atoms with Gasteiger partial charge < -0.3 is 10.1 Å². The zero-order valence-corrected chi connectivity index (χ0v) is 23.5. The minimum Gasteiger partial charge on any atom is -0.443 e. The van der Waals surface area contributed by atoms with Crippen LogP contribution in [-0.4, -0.2) is 43.1 Å². The summed E-state index contributed by atoms with van der Waals surface area (Å²) >= 11 is 4.09. The molecule has 0 bridgehead atoms. The maximum atomic E-state index is 15.5. The highest BCUT2D eigenvalue weighted by atomic mass is 79.9. The molecule has 1 fully saturated rings. The molecule has 13 heteroatoms. The molecular formula is C24H25BrF2N4O4S2. The molecule has 1 amide bonds. The minimum absolute atomic E-state index is 0.229. The molecule has 0 saturated carbocycles. The third-order valence-electron chi connectivity index (χ3n) is 5.43. The van der Waals surface area contributed by atoms with Crippen LogP contribution < -0.4 is 9.62 Å². The summed E-state index contributed by atoms with van der Waals surface area (Å²) in [6.45, 7) is 7.21. The number of aromatic nitrogens is 1. The molecule has 2 aromatic carbocycles. The number of thiazole rings is 1. The maximum Gasteiger partial charge on any atom is 0.430 e. The van der Waals surface area contributed by atoms with Gasteiger partial charge in [0.15, 0.2) is 17.5 Å². The summed E-state index contributed by atoms with van der Waals surface area (Å²) in [6.07, 6.45) is -0.188. The highest BCUT2D eigenvalue weighted by Gasteiger charge is 2.40. The van der Waals surface area contributed by atoms with Crippen molar-refractivity contribution in [2.24, 2.45) is 0 Å². The number of anilines is 3. The average molecular weight is 616 g/mol. The van der Waals surface area contributed by atoms with E-state index in [1.807, 2.05) is 12.1 Å². The smallest absolute Gasteiger partial charge is 0.430 e. The van der Waals surface area contributed by atoms with Gasteiger partial charge in [-0.25, -0.2) is 27.0 Å².